The largest absolute Gasteiger partial charge is 0.332 e. The summed E-state index contributed by atoms with van der Waals surface area (Å²) < 4.78 is 0. The van der Waals surface area contributed by atoms with Crippen molar-refractivity contribution < 1.29 is 0 Å². The molecule has 5 nitrogen and oxygen atoms in total. The molecule has 0 amide bonds. The summed E-state index contributed by atoms with van der Waals surface area (Å²) in [7, 11) is 0. The molecule has 0 atom stereocenters. The summed E-state index contributed by atoms with van der Waals surface area (Å²) in [5.41, 5.74) is 2.75. The van der Waals surface area contributed by atoms with Gasteiger partial charge in [-0.3, -0.25) is 4.79 Å². The fourth-order valence-electron chi connectivity index (χ4n) is 1.69. The van der Waals surface area contributed by atoms with Crippen LogP contribution < -0.4 is 5.56 Å². The monoisotopic (exact) mass is 226 g/mol. The Morgan fingerprint density at radius 2 is 1.94 bits per heavy atom. The SMILES string of the molecule is Cc1ccc(-c2nc3nc[nH]c(=O)c3[nH]2)cc1. The molecule has 0 saturated heterocycles. The van der Waals surface area contributed by atoms with E-state index in [2.05, 4.69) is 19.9 Å². The van der Waals surface area contributed by atoms with Crippen LogP contribution in [0.2, 0.25) is 0 Å². The second kappa shape index (κ2) is 3.55. The molecule has 0 radical (unpaired) electrons. The third-order valence-electron chi connectivity index (χ3n) is 2.62. The zero-order valence-electron chi connectivity index (χ0n) is 9.19. The van der Waals surface area contributed by atoms with Gasteiger partial charge in [0.15, 0.2) is 11.2 Å². The first-order chi connectivity index (χ1) is 8.24. The highest BCUT2D eigenvalue weighted by Crippen LogP contribution is 2.17. The van der Waals surface area contributed by atoms with Gasteiger partial charge in [-0.1, -0.05) is 29.8 Å². The van der Waals surface area contributed by atoms with Gasteiger partial charge in [0.1, 0.15) is 5.82 Å². The molecule has 17 heavy (non-hydrogen) atoms. The van der Waals surface area contributed by atoms with Crippen LogP contribution >= 0.6 is 0 Å². The first kappa shape index (κ1) is 9.77. The number of aryl methyl sites for hydroxylation is 1. The van der Waals surface area contributed by atoms with Crippen molar-refractivity contribution in [3.05, 3.63) is 46.5 Å². The zero-order valence-corrected chi connectivity index (χ0v) is 9.19. The molecule has 0 aliphatic rings. The molecule has 2 aromatic heterocycles. The fourth-order valence-corrected chi connectivity index (χ4v) is 1.69. The minimum absolute atomic E-state index is 0.208. The number of fused-ring (bicyclic) bond motifs is 1. The van der Waals surface area contributed by atoms with E-state index in [1.165, 1.54) is 11.9 Å². The van der Waals surface area contributed by atoms with Gasteiger partial charge >= 0.3 is 0 Å². The minimum Gasteiger partial charge on any atom is -0.332 e. The topological polar surface area (TPSA) is 74.4 Å². The molecule has 0 fully saturated rings. The van der Waals surface area contributed by atoms with Gasteiger partial charge < -0.3 is 9.97 Å². The van der Waals surface area contributed by atoms with E-state index in [-0.39, 0.29) is 5.56 Å². The standard InChI is InChI=1S/C12H10N4O/c1-7-2-4-8(5-3-7)10-15-9-11(16-10)13-6-14-12(9)17/h2-6H,1H3,(H2,13,14,15,16,17). The quantitative estimate of drug-likeness (QED) is 0.662. The lowest BCUT2D eigenvalue weighted by atomic mass is 10.1. The van der Waals surface area contributed by atoms with Gasteiger partial charge in [0.25, 0.3) is 5.56 Å². The Hall–Kier alpha value is -2.43. The van der Waals surface area contributed by atoms with Gasteiger partial charge in [-0.25, -0.2) is 9.97 Å². The van der Waals surface area contributed by atoms with Crippen LogP contribution in [-0.4, -0.2) is 19.9 Å². The lowest BCUT2D eigenvalue weighted by molar-refractivity contribution is 1.15. The van der Waals surface area contributed by atoms with Crippen LogP contribution in [0.1, 0.15) is 5.56 Å². The number of benzene rings is 1. The molecule has 5 heteroatoms. The van der Waals surface area contributed by atoms with Crippen LogP contribution in [0.25, 0.3) is 22.6 Å². The van der Waals surface area contributed by atoms with Crippen LogP contribution in [0.3, 0.4) is 0 Å². The smallest absolute Gasteiger partial charge is 0.276 e. The van der Waals surface area contributed by atoms with Gasteiger partial charge in [-0.2, -0.15) is 0 Å². The Morgan fingerprint density at radius 1 is 1.18 bits per heavy atom. The van der Waals surface area contributed by atoms with Crippen LogP contribution in [-0.2, 0) is 0 Å². The van der Waals surface area contributed by atoms with E-state index in [4.69, 9.17) is 0 Å². The summed E-state index contributed by atoms with van der Waals surface area (Å²) in [6, 6.07) is 7.92. The summed E-state index contributed by atoms with van der Waals surface area (Å²) in [4.78, 5) is 25.3. The number of rotatable bonds is 1. The maximum atomic E-state index is 11.5. The normalized spacial score (nSPS) is 10.9. The number of hydrogen-bond donors (Lipinski definition) is 2. The molecule has 0 aliphatic heterocycles. The zero-order chi connectivity index (χ0) is 11.8. The molecule has 3 aromatic rings. The summed E-state index contributed by atoms with van der Waals surface area (Å²) in [6.45, 7) is 2.02. The summed E-state index contributed by atoms with van der Waals surface area (Å²) in [6.07, 6.45) is 1.35. The second-order valence-electron chi connectivity index (χ2n) is 3.88. The van der Waals surface area contributed by atoms with E-state index in [1.54, 1.807) is 0 Å². The van der Waals surface area contributed by atoms with E-state index in [1.807, 2.05) is 31.2 Å². The Morgan fingerprint density at radius 3 is 2.65 bits per heavy atom. The van der Waals surface area contributed by atoms with Gasteiger partial charge in [-0.15, -0.1) is 0 Å². The molecular weight excluding hydrogens is 216 g/mol. The van der Waals surface area contributed by atoms with Crippen molar-refractivity contribution in [1.82, 2.24) is 19.9 Å². The Labute approximate surface area is 96.6 Å². The highest BCUT2D eigenvalue weighted by molar-refractivity contribution is 5.74. The van der Waals surface area contributed by atoms with Crippen molar-refractivity contribution >= 4 is 11.2 Å². The highest BCUT2D eigenvalue weighted by atomic mass is 16.1. The minimum atomic E-state index is -0.208. The van der Waals surface area contributed by atoms with Crippen molar-refractivity contribution in [2.75, 3.05) is 0 Å². The van der Waals surface area contributed by atoms with Gasteiger partial charge in [0, 0.05) is 5.56 Å². The molecule has 0 saturated carbocycles. The molecule has 2 N–H and O–H groups in total. The average molecular weight is 226 g/mol. The van der Waals surface area contributed by atoms with Crippen LogP contribution in [0.15, 0.2) is 35.4 Å². The van der Waals surface area contributed by atoms with E-state index < -0.39 is 0 Å². The molecular formula is C12H10N4O. The number of imidazole rings is 1. The van der Waals surface area contributed by atoms with Crippen molar-refractivity contribution in [3.63, 3.8) is 0 Å². The van der Waals surface area contributed by atoms with E-state index in [0.29, 0.717) is 17.0 Å². The van der Waals surface area contributed by atoms with Crippen LogP contribution in [0.5, 0.6) is 0 Å². The third-order valence-corrected chi connectivity index (χ3v) is 2.62. The summed E-state index contributed by atoms with van der Waals surface area (Å²) in [5, 5.41) is 0. The van der Waals surface area contributed by atoms with Crippen molar-refractivity contribution in [2.24, 2.45) is 0 Å². The summed E-state index contributed by atoms with van der Waals surface area (Å²) in [5.74, 6) is 0.657. The molecule has 1 aromatic carbocycles. The molecule has 0 spiro atoms. The van der Waals surface area contributed by atoms with E-state index >= 15 is 0 Å². The molecule has 0 aliphatic carbocycles. The first-order valence-electron chi connectivity index (χ1n) is 5.24. The number of aromatic nitrogens is 4. The Balaban J connectivity index is 2.21. The van der Waals surface area contributed by atoms with E-state index in [0.717, 1.165) is 5.56 Å². The molecule has 3 rings (SSSR count). The van der Waals surface area contributed by atoms with E-state index in [9.17, 15) is 4.79 Å². The number of aromatic amines is 2. The number of hydrogen-bond acceptors (Lipinski definition) is 3. The average Bonchev–Trinajstić information content (AvgIpc) is 2.75. The number of H-pyrrole nitrogens is 2. The van der Waals surface area contributed by atoms with Crippen molar-refractivity contribution in [3.8, 4) is 11.4 Å². The number of nitrogens with zero attached hydrogens (tertiary/aromatic N) is 2. The van der Waals surface area contributed by atoms with Crippen LogP contribution in [0.4, 0.5) is 0 Å². The van der Waals surface area contributed by atoms with Gasteiger partial charge in [0.05, 0.1) is 6.33 Å². The molecule has 0 bridgehead atoms. The lowest BCUT2D eigenvalue weighted by Crippen LogP contribution is -2.05. The van der Waals surface area contributed by atoms with Crippen LogP contribution in [0, 0.1) is 6.92 Å². The number of nitrogens with one attached hydrogen (secondary N) is 2. The van der Waals surface area contributed by atoms with Gasteiger partial charge in [-0.05, 0) is 6.92 Å². The fraction of sp³-hybridized carbons (Fsp3) is 0.0833. The maximum Gasteiger partial charge on any atom is 0.276 e. The third kappa shape index (κ3) is 1.61. The molecule has 2 heterocycles. The van der Waals surface area contributed by atoms with Crippen molar-refractivity contribution in [2.45, 2.75) is 6.92 Å². The lowest BCUT2D eigenvalue weighted by Gasteiger charge is -1.96. The predicted molar refractivity (Wildman–Crippen MR) is 64.7 cm³/mol. The Kier molecular flexibility index (Phi) is 2.04. The second-order valence-corrected chi connectivity index (χ2v) is 3.88. The molecule has 84 valence electrons. The van der Waals surface area contributed by atoms with Crippen molar-refractivity contribution in [1.29, 1.82) is 0 Å². The Bertz CT molecular complexity index is 724. The highest BCUT2D eigenvalue weighted by Gasteiger charge is 2.07. The molecule has 0 unspecified atom stereocenters. The maximum absolute atomic E-state index is 11.5. The predicted octanol–water partition coefficient (Wildman–Crippen LogP) is 1.62. The van der Waals surface area contributed by atoms with Gasteiger partial charge in [0.2, 0.25) is 0 Å². The first-order valence-corrected chi connectivity index (χ1v) is 5.24. The summed E-state index contributed by atoms with van der Waals surface area (Å²) >= 11 is 0.